The smallest absolute Gasteiger partial charge is 0.335 e. The molecule has 0 atom stereocenters. The minimum Gasteiger partial charge on any atom is -0.423 e. The highest BCUT2D eigenvalue weighted by Gasteiger charge is 2.18. The topological polar surface area (TPSA) is 52.6 Å². The van der Waals surface area contributed by atoms with Gasteiger partial charge in [-0.05, 0) is 29.8 Å². The molecule has 128 valence electrons. The summed E-state index contributed by atoms with van der Waals surface area (Å²) < 4.78 is 51.3. The maximum Gasteiger partial charge on any atom is 0.335 e. The van der Waals surface area contributed by atoms with E-state index in [9.17, 15) is 22.8 Å². The second kappa shape index (κ2) is 7.48. The van der Waals surface area contributed by atoms with Crippen LogP contribution in [0.15, 0.2) is 55.6 Å². The fraction of sp³-hybridized carbons (Fsp3) is 0. The number of benzene rings is 2. The molecule has 25 heavy (non-hydrogen) atoms. The maximum absolute atomic E-state index is 14.2. The van der Waals surface area contributed by atoms with Crippen molar-refractivity contribution in [3.8, 4) is 22.6 Å². The molecule has 0 radical (unpaired) electrons. The standard InChI is InChI=1S/C18H11F3O4/c1-3-16(22)24-11-5-6-12(13(19)9-11)10-7-14(20)18(15(21)8-10)25-17(23)4-2/h3-9H,1-2H2. The van der Waals surface area contributed by atoms with E-state index in [1.807, 2.05) is 0 Å². The Bertz CT molecular complexity index is 852. The zero-order valence-corrected chi connectivity index (χ0v) is 12.7. The Kier molecular flexibility index (Phi) is 5.38. The number of esters is 2. The Morgan fingerprint density at radius 2 is 1.40 bits per heavy atom. The molecule has 0 aliphatic carbocycles. The van der Waals surface area contributed by atoms with Crippen LogP contribution in [0.1, 0.15) is 0 Å². The van der Waals surface area contributed by atoms with Gasteiger partial charge in [0.2, 0.25) is 5.75 Å². The lowest BCUT2D eigenvalue weighted by Gasteiger charge is -2.09. The van der Waals surface area contributed by atoms with Crippen molar-refractivity contribution in [3.63, 3.8) is 0 Å². The van der Waals surface area contributed by atoms with E-state index < -0.39 is 35.1 Å². The summed E-state index contributed by atoms with van der Waals surface area (Å²) in [7, 11) is 0. The Labute approximate surface area is 140 Å². The Morgan fingerprint density at radius 1 is 0.840 bits per heavy atom. The van der Waals surface area contributed by atoms with Crippen LogP contribution in [0.3, 0.4) is 0 Å². The molecule has 0 spiro atoms. The van der Waals surface area contributed by atoms with Crippen LogP contribution in [-0.4, -0.2) is 11.9 Å². The Morgan fingerprint density at radius 3 is 1.92 bits per heavy atom. The fourth-order valence-corrected chi connectivity index (χ4v) is 1.91. The van der Waals surface area contributed by atoms with E-state index in [0.29, 0.717) is 0 Å². The van der Waals surface area contributed by atoms with Gasteiger partial charge in [0.05, 0.1) is 0 Å². The largest absolute Gasteiger partial charge is 0.423 e. The third kappa shape index (κ3) is 4.14. The normalized spacial score (nSPS) is 10.0. The maximum atomic E-state index is 14.2. The summed E-state index contributed by atoms with van der Waals surface area (Å²) in [6.45, 7) is 6.32. The fourth-order valence-electron chi connectivity index (χ4n) is 1.91. The first-order valence-electron chi connectivity index (χ1n) is 6.83. The van der Waals surface area contributed by atoms with Crippen molar-refractivity contribution in [2.45, 2.75) is 0 Å². The Balaban J connectivity index is 2.39. The zero-order valence-electron chi connectivity index (χ0n) is 12.7. The predicted octanol–water partition coefficient (Wildman–Crippen LogP) is 3.95. The second-order valence-corrected chi connectivity index (χ2v) is 4.66. The van der Waals surface area contributed by atoms with E-state index >= 15 is 0 Å². The number of hydrogen-bond acceptors (Lipinski definition) is 4. The van der Waals surface area contributed by atoms with Crippen molar-refractivity contribution in [2.75, 3.05) is 0 Å². The molecular formula is C18H11F3O4. The Hall–Kier alpha value is -3.35. The first-order chi connectivity index (χ1) is 11.8. The lowest BCUT2D eigenvalue weighted by molar-refractivity contribution is -0.130. The average molecular weight is 348 g/mol. The van der Waals surface area contributed by atoms with Crippen LogP contribution in [0.2, 0.25) is 0 Å². The van der Waals surface area contributed by atoms with Gasteiger partial charge < -0.3 is 9.47 Å². The molecule has 2 aromatic carbocycles. The highest BCUT2D eigenvalue weighted by atomic mass is 19.1. The van der Waals surface area contributed by atoms with Crippen LogP contribution in [0, 0.1) is 17.5 Å². The molecule has 2 aromatic rings. The van der Waals surface area contributed by atoms with Gasteiger partial charge in [0.15, 0.2) is 11.6 Å². The second-order valence-electron chi connectivity index (χ2n) is 4.66. The van der Waals surface area contributed by atoms with Crippen molar-refractivity contribution in [1.29, 1.82) is 0 Å². The molecule has 2 rings (SSSR count). The molecule has 0 aromatic heterocycles. The number of halogens is 3. The third-order valence-corrected chi connectivity index (χ3v) is 3.00. The van der Waals surface area contributed by atoms with E-state index in [2.05, 4.69) is 17.9 Å². The van der Waals surface area contributed by atoms with Crippen LogP contribution < -0.4 is 9.47 Å². The van der Waals surface area contributed by atoms with Gasteiger partial charge in [-0.15, -0.1) is 0 Å². The van der Waals surface area contributed by atoms with E-state index in [0.717, 1.165) is 30.4 Å². The van der Waals surface area contributed by atoms with Crippen LogP contribution in [-0.2, 0) is 9.59 Å². The lowest BCUT2D eigenvalue weighted by atomic mass is 10.0. The molecule has 0 bridgehead atoms. The highest BCUT2D eigenvalue weighted by Crippen LogP contribution is 2.32. The first kappa shape index (κ1) is 18.0. The van der Waals surface area contributed by atoms with E-state index in [1.165, 1.54) is 12.1 Å². The van der Waals surface area contributed by atoms with Crippen molar-refractivity contribution in [1.82, 2.24) is 0 Å². The van der Waals surface area contributed by atoms with Crippen molar-refractivity contribution in [3.05, 3.63) is 73.1 Å². The van der Waals surface area contributed by atoms with Crippen LogP contribution in [0.25, 0.3) is 11.1 Å². The van der Waals surface area contributed by atoms with Gasteiger partial charge in [-0.3, -0.25) is 0 Å². The molecule has 0 fully saturated rings. The SMILES string of the molecule is C=CC(=O)Oc1ccc(-c2cc(F)c(OC(=O)C=C)c(F)c2)c(F)c1. The van der Waals surface area contributed by atoms with Gasteiger partial charge in [-0.2, -0.15) is 0 Å². The van der Waals surface area contributed by atoms with Gasteiger partial charge in [0.25, 0.3) is 0 Å². The molecule has 0 unspecified atom stereocenters. The van der Waals surface area contributed by atoms with Crippen molar-refractivity contribution in [2.24, 2.45) is 0 Å². The van der Waals surface area contributed by atoms with Crippen molar-refractivity contribution < 1.29 is 32.2 Å². The van der Waals surface area contributed by atoms with Crippen LogP contribution in [0.5, 0.6) is 11.5 Å². The van der Waals surface area contributed by atoms with Gasteiger partial charge in [0.1, 0.15) is 11.6 Å². The minimum absolute atomic E-state index is 0.0939. The molecule has 0 aliphatic rings. The molecule has 4 nitrogen and oxygen atoms in total. The van der Waals surface area contributed by atoms with Crippen LogP contribution >= 0.6 is 0 Å². The molecule has 0 N–H and O–H groups in total. The molecule has 0 saturated carbocycles. The average Bonchev–Trinajstić information content (AvgIpc) is 2.57. The van der Waals surface area contributed by atoms with Gasteiger partial charge >= 0.3 is 11.9 Å². The zero-order chi connectivity index (χ0) is 18.6. The number of hydrogen-bond donors (Lipinski definition) is 0. The summed E-state index contributed by atoms with van der Waals surface area (Å²) in [6, 6.07) is 4.94. The molecule has 7 heteroatoms. The van der Waals surface area contributed by atoms with E-state index in [4.69, 9.17) is 4.74 Å². The predicted molar refractivity (Wildman–Crippen MR) is 83.4 cm³/mol. The third-order valence-electron chi connectivity index (χ3n) is 3.00. The minimum atomic E-state index is -1.19. The van der Waals surface area contributed by atoms with Gasteiger partial charge in [-0.1, -0.05) is 13.2 Å². The van der Waals surface area contributed by atoms with Gasteiger partial charge in [0, 0.05) is 23.8 Å². The summed E-state index contributed by atoms with van der Waals surface area (Å²) in [5.74, 6) is -6.07. The molecule has 0 saturated heterocycles. The number of carbonyl (C=O) groups excluding carboxylic acids is 2. The first-order valence-corrected chi connectivity index (χ1v) is 6.83. The highest BCUT2D eigenvalue weighted by molar-refractivity contribution is 5.84. The molecular weight excluding hydrogens is 337 g/mol. The summed E-state index contributed by atoms with van der Waals surface area (Å²) in [5, 5.41) is 0. The lowest BCUT2D eigenvalue weighted by Crippen LogP contribution is -2.07. The summed E-state index contributed by atoms with van der Waals surface area (Å²) in [6.07, 6.45) is 1.65. The van der Waals surface area contributed by atoms with Crippen molar-refractivity contribution >= 4 is 11.9 Å². The summed E-state index contributed by atoms with van der Waals surface area (Å²) >= 11 is 0. The number of ether oxygens (including phenoxy) is 2. The molecule has 0 heterocycles. The molecule has 0 amide bonds. The van der Waals surface area contributed by atoms with Crippen LogP contribution in [0.4, 0.5) is 13.2 Å². The van der Waals surface area contributed by atoms with Gasteiger partial charge in [-0.25, -0.2) is 22.8 Å². The number of carbonyl (C=O) groups is 2. The quantitative estimate of drug-likeness (QED) is 0.466. The van der Waals surface area contributed by atoms with E-state index in [-0.39, 0.29) is 16.9 Å². The summed E-state index contributed by atoms with van der Waals surface area (Å²) in [4.78, 5) is 22.1. The monoisotopic (exact) mass is 348 g/mol. The van der Waals surface area contributed by atoms with E-state index in [1.54, 1.807) is 0 Å². The summed E-state index contributed by atoms with van der Waals surface area (Å²) in [5.41, 5.74) is -0.273. The molecule has 0 aliphatic heterocycles. The number of rotatable bonds is 5.